The molecule has 8 aliphatic heterocycles. The number of aromatic hydroxyl groups is 1. The third kappa shape index (κ3) is 4.41. The summed E-state index contributed by atoms with van der Waals surface area (Å²) in [7, 11) is 1.54. The maximum absolute atomic E-state index is 14.8. The van der Waals surface area contributed by atoms with E-state index in [1.165, 1.54) is 25.8 Å². The van der Waals surface area contributed by atoms with E-state index in [1.807, 2.05) is 38.1 Å². The summed E-state index contributed by atoms with van der Waals surface area (Å²) in [4.78, 5) is 33.3. The van der Waals surface area contributed by atoms with E-state index in [0.29, 0.717) is 46.2 Å². The molecule has 9 heterocycles. The second-order valence-corrected chi connectivity index (χ2v) is 16.1. The van der Waals surface area contributed by atoms with Crippen molar-refractivity contribution in [3.63, 3.8) is 0 Å². The zero-order chi connectivity index (χ0) is 36.6. The Bertz CT molecular complexity index is 2280. The predicted molar refractivity (Wildman–Crippen MR) is 194 cm³/mol. The molecular weight excluding hydrogens is 701 g/mol. The van der Waals surface area contributed by atoms with Crippen molar-refractivity contribution >= 4 is 34.6 Å². The largest absolute Gasteiger partial charge is 0.504 e. The number of benzene rings is 3. The number of aryl methyl sites for hydroxylation is 1. The topological polar surface area (TPSA) is 164 Å². The lowest BCUT2D eigenvalue weighted by Gasteiger charge is -2.58. The number of hydrogen-bond donors (Lipinski definition) is 5. The molecule has 4 bridgehead atoms. The lowest BCUT2D eigenvalue weighted by molar-refractivity contribution is -0.191. The number of hydrogen-bond acceptors (Lipinski definition) is 13. The molecule has 8 aliphatic rings. The van der Waals surface area contributed by atoms with Crippen molar-refractivity contribution in [2.45, 2.75) is 68.3 Å². The number of piperazine rings is 1. The van der Waals surface area contributed by atoms with Crippen LogP contribution in [0.4, 0.5) is 0 Å². The maximum Gasteiger partial charge on any atom is 0.333 e. The van der Waals surface area contributed by atoms with Crippen LogP contribution in [0.2, 0.25) is 0 Å². The number of H-pyrrole nitrogens is 1. The van der Waals surface area contributed by atoms with Crippen LogP contribution in [0.15, 0.2) is 30.3 Å². The lowest BCUT2D eigenvalue weighted by atomic mass is 9.78. The zero-order valence-electron chi connectivity index (χ0n) is 29.8. The highest BCUT2D eigenvalue weighted by Crippen LogP contribution is 2.64. The van der Waals surface area contributed by atoms with E-state index in [4.69, 9.17) is 23.7 Å². The van der Waals surface area contributed by atoms with Gasteiger partial charge in [0.15, 0.2) is 28.5 Å². The third-order valence-electron chi connectivity index (χ3n) is 12.1. The summed E-state index contributed by atoms with van der Waals surface area (Å²) in [5.41, 5.74) is 4.25. The number of fused-ring (bicyclic) bond motifs is 8. The number of carbonyl (C=O) groups is 2. The first-order valence-corrected chi connectivity index (χ1v) is 19.0. The Kier molecular flexibility index (Phi) is 7.20. The number of ether oxygens (including phenoxy) is 5. The molecule has 2 saturated heterocycles. The molecule has 0 radical (unpaired) electrons. The van der Waals surface area contributed by atoms with Crippen LogP contribution in [0, 0.1) is 13.8 Å². The van der Waals surface area contributed by atoms with Crippen molar-refractivity contribution in [2.75, 3.05) is 39.4 Å². The molecule has 2 fully saturated rings. The molecule has 0 amide bonds. The number of thioether (sulfide) groups is 1. The van der Waals surface area contributed by atoms with Crippen LogP contribution in [-0.4, -0.2) is 83.2 Å². The van der Waals surface area contributed by atoms with Crippen molar-refractivity contribution in [2.24, 2.45) is 0 Å². The number of rotatable bonds is 2. The van der Waals surface area contributed by atoms with Gasteiger partial charge in [0.2, 0.25) is 6.79 Å². The molecule has 1 aromatic heterocycles. The number of nitrogens with zero attached hydrogens (tertiary/aromatic N) is 1. The molecule has 276 valence electrons. The Morgan fingerprint density at radius 1 is 1.09 bits per heavy atom. The summed E-state index contributed by atoms with van der Waals surface area (Å²) in [5.74, 6) is 1.01. The van der Waals surface area contributed by atoms with Crippen LogP contribution < -0.4 is 29.6 Å². The smallest absolute Gasteiger partial charge is 0.333 e. The molecule has 12 rings (SSSR count). The van der Waals surface area contributed by atoms with Crippen LogP contribution >= 0.6 is 11.8 Å². The maximum atomic E-state index is 14.8. The molecular formula is C39H40N4O9S. The lowest BCUT2D eigenvalue weighted by Crippen LogP contribution is -2.70. The summed E-state index contributed by atoms with van der Waals surface area (Å²) in [6.45, 7) is 5.65. The quantitative estimate of drug-likeness (QED) is 0.149. The van der Waals surface area contributed by atoms with Gasteiger partial charge in [-0.1, -0.05) is 24.3 Å². The van der Waals surface area contributed by atoms with E-state index >= 15 is 0 Å². The van der Waals surface area contributed by atoms with E-state index in [1.54, 1.807) is 0 Å². The molecule has 3 aromatic carbocycles. The molecule has 14 heteroatoms. The van der Waals surface area contributed by atoms with E-state index < -0.39 is 46.6 Å². The molecule has 13 nitrogen and oxygen atoms in total. The van der Waals surface area contributed by atoms with Gasteiger partial charge in [-0.25, -0.2) is 4.79 Å². The average molecular weight is 741 g/mol. The van der Waals surface area contributed by atoms with Gasteiger partial charge in [0, 0.05) is 71.4 Å². The number of aliphatic hydroxyl groups is 1. The van der Waals surface area contributed by atoms with E-state index in [0.717, 1.165) is 45.3 Å². The molecule has 5 N–H and O–H groups in total. The summed E-state index contributed by atoms with van der Waals surface area (Å²) in [6.07, 6.45) is 0.921. The first-order valence-electron chi connectivity index (χ1n) is 18.0. The highest BCUT2D eigenvalue weighted by molar-refractivity contribution is 7.99. The summed E-state index contributed by atoms with van der Waals surface area (Å²) in [6, 6.07) is 8.23. The number of nitrogens with one attached hydrogen (secondary N) is 3. The number of para-hydroxylation sites is 1. The molecule has 4 aromatic rings. The predicted octanol–water partition coefficient (Wildman–Crippen LogP) is 3.84. The van der Waals surface area contributed by atoms with Gasteiger partial charge in [-0.3, -0.25) is 15.0 Å². The van der Waals surface area contributed by atoms with Crippen molar-refractivity contribution in [3.8, 4) is 28.7 Å². The first kappa shape index (κ1) is 33.1. The Morgan fingerprint density at radius 2 is 1.91 bits per heavy atom. The zero-order valence-corrected chi connectivity index (χ0v) is 30.6. The summed E-state index contributed by atoms with van der Waals surface area (Å²) in [5, 5.41) is 32.6. The van der Waals surface area contributed by atoms with E-state index in [-0.39, 0.29) is 37.9 Å². The standard InChI is InChI=1S/C39H40N4O9S/c1-17-11-20-12-38(47)14-40-28(25(20)30(45)31(17)48-4)29-35-27-26(34-33(50-16-51-34)18(2)32(27)52-19(3)44)24(43(29)38)13-49-37(46)39(15-53-35)36-22(9-10-41-39)21-7-5-6-8-23(21)42-36/h5-8,11,24,28-29,35,40-42,45,47H,9-10,12-16H2,1-4H3/t24-,28+,29?,35+,38?,39+/m0/s1. The van der Waals surface area contributed by atoms with Gasteiger partial charge in [-0.15, -0.1) is 11.8 Å². The van der Waals surface area contributed by atoms with Gasteiger partial charge in [0.25, 0.3) is 0 Å². The normalized spacial score (nSPS) is 30.6. The summed E-state index contributed by atoms with van der Waals surface area (Å²) >= 11 is 1.53. The number of aromatic amines is 1. The number of phenolic OH excluding ortho intramolecular Hbond substituents is 1. The molecule has 0 aliphatic carbocycles. The van der Waals surface area contributed by atoms with Crippen LogP contribution in [0.5, 0.6) is 28.7 Å². The SMILES string of the molecule is COc1c(C)cc2c(c1O)[C@H]1NCC(O)(C2)N2C1[C@@H]1SC[C@]3(NCCc4c3[nH]c3ccccc43)C(=O)OC[C@H]2c2c3c(c(C)c(OC(C)=O)c21)OCO3. The van der Waals surface area contributed by atoms with Crippen LogP contribution in [0.1, 0.15) is 68.9 Å². The molecule has 7 atom stereocenters. The fourth-order valence-corrected chi connectivity index (χ4v) is 11.8. The van der Waals surface area contributed by atoms with Gasteiger partial charge in [0.05, 0.1) is 30.1 Å². The monoisotopic (exact) mass is 740 g/mol. The van der Waals surface area contributed by atoms with Crippen LogP contribution in [0.25, 0.3) is 10.9 Å². The first-order chi connectivity index (χ1) is 25.6. The number of aromatic nitrogens is 1. The third-order valence-corrected chi connectivity index (χ3v) is 13.6. The van der Waals surface area contributed by atoms with E-state index in [2.05, 4.69) is 26.6 Å². The van der Waals surface area contributed by atoms with Crippen molar-refractivity contribution in [1.29, 1.82) is 0 Å². The fraction of sp³-hybridized carbons (Fsp3) is 0.436. The van der Waals surface area contributed by atoms with Crippen molar-refractivity contribution < 1.29 is 43.5 Å². The van der Waals surface area contributed by atoms with Gasteiger partial charge >= 0.3 is 11.9 Å². The minimum Gasteiger partial charge on any atom is -0.504 e. The number of esters is 2. The molecule has 1 spiro atoms. The van der Waals surface area contributed by atoms with E-state index in [9.17, 15) is 19.8 Å². The van der Waals surface area contributed by atoms with Crippen LogP contribution in [0.3, 0.4) is 0 Å². The Balaban J connectivity index is 1.24. The molecule has 3 unspecified atom stereocenters. The van der Waals surface area contributed by atoms with Gasteiger partial charge < -0.3 is 44.2 Å². The summed E-state index contributed by atoms with van der Waals surface area (Å²) < 4.78 is 30.5. The van der Waals surface area contributed by atoms with Gasteiger partial charge in [-0.05, 0) is 43.0 Å². The second kappa shape index (κ2) is 11.5. The number of methoxy groups -OCH3 is 1. The Hall–Kier alpha value is -4.47. The van der Waals surface area contributed by atoms with Crippen molar-refractivity contribution in [1.82, 2.24) is 20.5 Å². The minimum atomic E-state index is -1.49. The fourth-order valence-electron chi connectivity index (χ4n) is 10.1. The highest BCUT2D eigenvalue weighted by atomic mass is 32.2. The Morgan fingerprint density at radius 3 is 2.72 bits per heavy atom. The van der Waals surface area contributed by atoms with Crippen molar-refractivity contribution in [3.05, 3.63) is 75.0 Å². The van der Waals surface area contributed by atoms with Crippen LogP contribution in [-0.2, 0) is 32.7 Å². The highest BCUT2D eigenvalue weighted by Gasteiger charge is 2.62. The second-order valence-electron chi connectivity index (χ2n) is 15.0. The number of carbonyl (C=O) groups excluding carboxylic acids is 2. The Labute approximate surface area is 309 Å². The number of phenols is 1. The average Bonchev–Trinajstić information content (AvgIpc) is 3.72. The minimum absolute atomic E-state index is 0.0194. The molecule has 0 saturated carbocycles. The van der Waals surface area contributed by atoms with Gasteiger partial charge in [-0.2, -0.15) is 0 Å². The molecule has 53 heavy (non-hydrogen) atoms. The van der Waals surface area contributed by atoms with Gasteiger partial charge in [0.1, 0.15) is 18.1 Å².